The van der Waals surface area contributed by atoms with Crippen LogP contribution in [0.3, 0.4) is 0 Å². The first-order valence-electron chi connectivity index (χ1n) is 8.42. The van der Waals surface area contributed by atoms with Crippen LogP contribution in [0, 0.1) is 10.1 Å². The van der Waals surface area contributed by atoms with Crippen LogP contribution in [0.5, 0.6) is 0 Å². The average molecular weight is 385 g/mol. The number of likely N-dealkylation sites (tertiary alicyclic amines) is 1. The van der Waals surface area contributed by atoms with E-state index in [9.17, 15) is 19.7 Å². The van der Waals surface area contributed by atoms with Gasteiger partial charge in [-0.15, -0.1) is 12.4 Å². The third kappa shape index (κ3) is 5.15. The molecule has 26 heavy (non-hydrogen) atoms. The topological polar surface area (TPSA) is 119 Å². The van der Waals surface area contributed by atoms with Crippen molar-refractivity contribution in [3.8, 4) is 0 Å². The molecule has 8 nitrogen and oxygen atoms in total. The van der Waals surface area contributed by atoms with Crippen LogP contribution >= 0.6 is 12.4 Å². The van der Waals surface area contributed by atoms with Crippen molar-refractivity contribution in [1.82, 2.24) is 10.2 Å². The van der Waals surface area contributed by atoms with Gasteiger partial charge in [0.2, 0.25) is 5.91 Å². The van der Waals surface area contributed by atoms with Gasteiger partial charge in [-0.3, -0.25) is 19.7 Å². The number of nitrogens with two attached hydrogens (primary N) is 1. The van der Waals surface area contributed by atoms with Crippen LogP contribution in [0.15, 0.2) is 24.3 Å². The van der Waals surface area contributed by atoms with Gasteiger partial charge < -0.3 is 16.0 Å². The molecule has 1 aromatic rings. The van der Waals surface area contributed by atoms with Gasteiger partial charge in [0.05, 0.1) is 4.92 Å². The maximum atomic E-state index is 12.7. The monoisotopic (exact) mass is 384 g/mol. The number of carbonyl (C=O) groups is 2. The largest absolute Gasteiger partial charge is 0.341 e. The Bertz CT molecular complexity index is 668. The fraction of sp³-hybridized carbons (Fsp3) is 0.529. The Morgan fingerprint density at radius 3 is 2.65 bits per heavy atom. The van der Waals surface area contributed by atoms with E-state index in [1.54, 1.807) is 11.8 Å². The number of benzene rings is 1. The van der Waals surface area contributed by atoms with E-state index in [2.05, 4.69) is 5.32 Å². The fourth-order valence-electron chi connectivity index (χ4n) is 3.13. The lowest BCUT2D eigenvalue weighted by molar-refractivity contribution is -0.384. The van der Waals surface area contributed by atoms with E-state index in [0.29, 0.717) is 6.54 Å². The molecule has 0 saturated carbocycles. The number of nitro groups is 1. The zero-order chi connectivity index (χ0) is 18.6. The first-order valence-corrected chi connectivity index (χ1v) is 8.42. The molecule has 3 unspecified atom stereocenters. The number of piperidine rings is 1. The van der Waals surface area contributed by atoms with E-state index in [-0.39, 0.29) is 41.6 Å². The van der Waals surface area contributed by atoms with Gasteiger partial charge in [-0.2, -0.15) is 0 Å². The van der Waals surface area contributed by atoms with Crippen molar-refractivity contribution in [3.63, 3.8) is 0 Å². The van der Waals surface area contributed by atoms with Crippen LogP contribution in [0.2, 0.25) is 0 Å². The molecule has 1 fully saturated rings. The highest BCUT2D eigenvalue weighted by molar-refractivity contribution is 5.97. The third-order valence-corrected chi connectivity index (χ3v) is 4.48. The molecule has 2 rings (SSSR count). The highest BCUT2D eigenvalue weighted by Gasteiger charge is 2.32. The van der Waals surface area contributed by atoms with Crippen molar-refractivity contribution in [1.29, 1.82) is 0 Å². The number of non-ortho nitro benzene ring substituents is 1. The summed E-state index contributed by atoms with van der Waals surface area (Å²) in [6.07, 6.45) is 2.81. The first kappa shape index (κ1) is 21.9. The van der Waals surface area contributed by atoms with Gasteiger partial charge in [0.1, 0.15) is 6.04 Å². The molecule has 0 bridgehead atoms. The Morgan fingerprint density at radius 1 is 1.35 bits per heavy atom. The number of halogens is 1. The Labute approximate surface area is 158 Å². The van der Waals surface area contributed by atoms with Crippen molar-refractivity contribution in [2.24, 2.45) is 5.73 Å². The molecular formula is C17H25ClN4O4. The standard InChI is InChI=1S/C17H24N4O4.ClH/c1-11(18)15-8-3-4-9-20(15)17(23)12(2)19-16(22)13-6-5-7-14(10-13)21(24)25;/h5-7,10-12,15H,3-4,8-9,18H2,1-2H3,(H,19,22);1H. The van der Waals surface area contributed by atoms with Crippen molar-refractivity contribution in [2.45, 2.75) is 51.2 Å². The predicted molar refractivity (Wildman–Crippen MR) is 100 cm³/mol. The van der Waals surface area contributed by atoms with Crippen LogP contribution in [-0.2, 0) is 4.79 Å². The summed E-state index contributed by atoms with van der Waals surface area (Å²) in [5, 5.41) is 13.4. The zero-order valence-electron chi connectivity index (χ0n) is 14.9. The molecule has 1 aliphatic rings. The summed E-state index contributed by atoms with van der Waals surface area (Å²) >= 11 is 0. The summed E-state index contributed by atoms with van der Waals surface area (Å²) in [4.78, 5) is 37.0. The fourth-order valence-corrected chi connectivity index (χ4v) is 3.13. The van der Waals surface area contributed by atoms with Crippen LogP contribution in [0.25, 0.3) is 0 Å². The Kier molecular flexibility index (Phi) is 7.98. The Balaban J connectivity index is 0.00000338. The number of carbonyl (C=O) groups excluding carboxylic acids is 2. The van der Waals surface area contributed by atoms with E-state index in [1.165, 1.54) is 24.3 Å². The van der Waals surface area contributed by atoms with Gasteiger partial charge in [0, 0.05) is 36.3 Å². The molecule has 1 aliphatic heterocycles. The lowest BCUT2D eigenvalue weighted by atomic mass is 9.96. The smallest absolute Gasteiger partial charge is 0.270 e. The van der Waals surface area contributed by atoms with Gasteiger partial charge in [0.25, 0.3) is 11.6 Å². The van der Waals surface area contributed by atoms with E-state index >= 15 is 0 Å². The van der Waals surface area contributed by atoms with E-state index in [4.69, 9.17) is 5.73 Å². The third-order valence-electron chi connectivity index (χ3n) is 4.48. The van der Waals surface area contributed by atoms with Gasteiger partial charge >= 0.3 is 0 Å². The van der Waals surface area contributed by atoms with Gasteiger partial charge in [-0.1, -0.05) is 6.07 Å². The van der Waals surface area contributed by atoms with Crippen molar-refractivity contribution in [2.75, 3.05) is 6.54 Å². The number of amides is 2. The molecule has 0 aromatic heterocycles. The molecular weight excluding hydrogens is 360 g/mol. The number of hydrogen-bond acceptors (Lipinski definition) is 5. The molecule has 0 radical (unpaired) electrons. The summed E-state index contributed by atoms with van der Waals surface area (Å²) < 4.78 is 0. The maximum Gasteiger partial charge on any atom is 0.270 e. The van der Waals surface area contributed by atoms with Gasteiger partial charge in [0.15, 0.2) is 0 Å². The highest BCUT2D eigenvalue weighted by atomic mass is 35.5. The molecule has 9 heteroatoms. The minimum Gasteiger partial charge on any atom is -0.341 e. The summed E-state index contributed by atoms with van der Waals surface area (Å²) in [6.45, 7) is 4.12. The van der Waals surface area contributed by atoms with Crippen LogP contribution in [0.1, 0.15) is 43.5 Å². The average Bonchev–Trinajstić information content (AvgIpc) is 2.60. The molecule has 1 saturated heterocycles. The molecule has 0 spiro atoms. The number of nitrogens with one attached hydrogen (secondary N) is 1. The molecule has 144 valence electrons. The van der Waals surface area contributed by atoms with Gasteiger partial charge in [-0.25, -0.2) is 0 Å². The first-order chi connectivity index (χ1) is 11.8. The van der Waals surface area contributed by atoms with Crippen molar-refractivity contribution < 1.29 is 14.5 Å². The number of hydrogen-bond donors (Lipinski definition) is 2. The maximum absolute atomic E-state index is 12.7. The lowest BCUT2D eigenvalue weighted by Gasteiger charge is -2.39. The highest BCUT2D eigenvalue weighted by Crippen LogP contribution is 2.20. The molecule has 3 N–H and O–H groups in total. The van der Waals surface area contributed by atoms with E-state index in [0.717, 1.165) is 19.3 Å². The lowest BCUT2D eigenvalue weighted by Crippen LogP contribution is -2.56. The quantitative estimate of drug-likeness (QED) is 0.593. The summed E-state index contributed by atoms with van der Waals surface area (Å²) in [5.41, 5.74) is 5.97. The minimum atomic E-state index is -0.730. The van der Waals surface area contributed by atoms with E-state index in [1.807, 2.05) is 6.92 Å². The van der Waals surface area contributed by atoms with E-state index < -0.39 is 16.9 Å². The summed E-state index contributed by atoms with van der Waals surface area (Å²) in [6, 6.07) is 4.53. The van der Waals surface area contributed by atoms with Crippen molar-refractivity contribution >= 4 is 29.9 Å². The normalized spacial score (nSPS) is 19.0. The second kappa shape index (κ2) is 9.49. The Morgan fingerprint density at radius 2 is 2.04 bits per heavy atom. The minimum absolute atomic E-state index is 0. The van der Waals surface area contributed by atoms with Crippen LogP contribution in [-0.4, -0.2) is 46.3 Å². The summed E-state index contributed by atoms with van der Waals surface area (Å²) in [7, 11) is 0. The second-order valence-electron chi connectivity index (χ2n) is 6.46. The molecule has 1 aromatic carbocycles. The second-order valence-corrected chi connectivity index (χ2v) is 6.46. The van der Waals surface area contributed by atoms with Gasteiger partial charge in [-0.05, 0) is 39.2 Å². The SMILES string of the molecule is CC(NC(=O)c1cccc([N+](=O)[O-])c1)C(=O)N1CCCCC1C(C)N.Cl. The number of rotatable bonds is 5. The molecule has 1 heterocycles. The predicted octanol–water partition coefficient (Wildman–Crippen LogP) is 1.86. The summed E-state index contributed by atoms with van der Waals surface area (Å²) in [5.74, 6) is -0.695. The number of nitrogens with zero attached hydrogens (tertiary/aromatic N) is 2. The molecule has 3 atom stereocenters. The molecule has 0 aliphatic carbocycles. The zero-order valence-corrected chi connectivity index (χ0v) is 15.7. The van der Waals surface area contributed by atoms with Crippen LogP contribution < -0.4 is 11.1 Å². The van der Waals surface area contributed by atoms with Crippen molar-refractivity contribution in [3.05, 3.63) is 39.9 Å². The number of nitro benzene ring substituents is 1. The Hall–Kier alpha value is -2.19. The molecule has 2 amide bonds. The van der Waals surface area contributed by atoms with Crippen LogP contribution in [0.4, 0.5) is 5.69 Å².